The van der Waals surface area contributed by atoms with Crippen LogP contribution in [0, 0.1) is 12.8 Å². The maximum absolute atomic E-state index is 12.6. The fourth-order valence-corrected chi connectivity index (χ4v) is 3.60. The lowest BCUT2D eigenvalue weighted by molar-refractivity contribution is -0.127. The molecule has 138 valence electrons. The summed E-state index contributed by atoms with van der Waals surface area (Å²) in [6.07, 6.45) is 1.83. The third-order valence-corrected chi connectivity index (χ3v) is 5.47. The smallest absolute Gasteiger partial charge is 0.223 e. The number of benzene rings is 2. The molecular weight excluding hydrogens is 344 g/mol. The lowest BCUT2D eigenvalue weighted by Gasteiger charge is -2.32. The highest BCUT2D eigenvalue weighted by Crippen LogP contribution is 2.21. The summed E-state index contributed by atoms with van der Waals surface area (Å²) in [6, 6.07) is 16.4. The van der Waals surface area contributed by atoms with Crippen molar-refractivity contribution >= 4 is 17.5 Å². The number of hydrogen-bond donors (Lipinski definition) is 1. The Bertz CT molecular complexity index is 719. The third-order valence-electron chi connectivity index (χ3n) is 5.21. The number of nitrogens with zero attached hydrogens (tertiary/aromatic N) is 1. The summed E-state index contributed by atoms with van der Waals surface area (Å²) in [6.45, 7) is 6.97. The van der Waals surface area contributed by atoms with E-state index in [9.17, 15) is 4.79 Å². The Kier molecular flexibility index (Phi) is 6.33. The number of rotatable bonds is 5. The van der Waals surface area contributed by atoms with E-state index in [2.05, 4.69) is 60.5 Å². The van der Waals surface area contributed by atoms with Gasteiger partial charge >= 0.3 is 0 Å². The van der Waals surface area contributed by atoms with Gasteiger partial charge in [-0.25, -0.2) is 0 Å². The van der Waals surface area contributed by atoms with Gasteiger partial charge in [0.25, 0.3) is 0 Å². The number of halogens is 1. The molecule has 0 bridgehead atoms. The number of amides is 1. The van der Waals surface area contributed by atoms with Crippen molar-refractivity contribution in [1.82, 2.24) is 10.2 Å². The zero-order valence-corrected chi connectivity index (χ0v) is 16.3. The van der Waals surface area contributed by atoms with Crippen molar-refractivity contribution < 1.29 is 4.79 Å². The Hall–Kier alpha value is -1.84. The molecule has 1 aliphatic rings. The number of carbonyl (C=O) groups is 1. The van der Waals surface area contributed by atoms with Crippen LogP contribution in [0.3, 0.4) is 0 Å². The quantitative estimate of drug-likeness (QED) is 0.824. The number of aryl methyl sites for hydroxylation is 1. The van der Waals surface area contributed by atoms with E-state index in [1.807, 2.05) is 12.1 Å². The number of likely N-dealkylation sites (tertiary alicyclic amines) is 1. The summed E-state index contributed by atoms with van der Waals surface area (Å²) in [4.78, 5) is 15.0. The van der Waals surface area contributed by atoms with Crippen molar-refractivity contribution in [3.63, 3.8) is 0 Å². The van der Waals surface area contributed by atoms with E-state index in [4.69, 9.17) is 11.6 Å². The van der Waals surface area contributed by atoms with E-state index < -0.39 is 0 Å². The highest BCUT2D eigenvalue weighted by Gasteiger charge is 2.26. The summed E-state index contributed by atoms with van der Waals surface area (Å²) < 4.78 is 0. The third kappa shape index (κ3) is 5.09. The maximum Gasteiger partial charge on any atom is 0.223 e. The molecule has 0 unspecified atom stereocenters. The molecule has 1 atom stereocenters. The lowest BCUT2D eigenvalue weighted by atomic mass is 9.94. The Morgan fingerprint density at radius 3 is 2.35 bits per heavy atom. The summed E-state index contributed by atoms with van der Waals surface area (Å²) in [7, 11) is 0. The van der Waals surface area contributed by atoms with Gasteiger partial charge in [-0.05, 0) is 63.0 Å². The van der Waals surface area contributed by atoms with Crippen LogP contribution in [0.4, 0.5) is 0 Å². The fraction of sp³-hybridized carbons (Fsp3) is 0.409. The number of hydrogen-bond acceptors (Lipinski definition) is 2. The van der Waals surface area contributed by atoms with Gasteiger partial charge in [0.1, 0.15) is 0 Å². The van der Waals surface area contributed by atoms with E-state index in [1.54, 1.807) is 0 Å². The highest BCUT2D eigenvalue weighted by molar-refractivity contribution is 6.30. The molecule has 1 heterocycles. The summed E-state index contributed by atoms with van der Waals surface area (Å²) in [5.41, 5.74) is 3.66. The minimum Gasteiger partial charge on any atom is -0.349 e. The number of piperidine rings is 1. The molecule has 1 aliphatic heterocycles. The molecule has 1 amide bonds. The van der Waals surface area contributed by atoms with Gasteiger partial charge in [-0.15, -0.1) is 0 Å². The Labute approximate surface area is 161 Å². The molecular formula is C22H27ClN2O. The SMILES string of the molecule is Cc1ccc([C@H](C)NC(=O)C2CCN(Cc3ccc(Cl)cc3)CC2)cc1. The van der Waals surface area contributed by atoms with Crippen LogP contribution < -0.4 is 5.32 Å². The van der Waals surface area contributed by atoms with Gasteiger partial charge in [0, 0.05) is 17.5 Å². The predicted molar refractivity (Wildman–Crippen MR) is 107 cm³/mol. The second-order valence-electron chi connectivity index (χ2n) is 7.32. The monoisotopic (exact) mass is 370 g/mol. The predicted octanol–water partition coefficient (Wildman–Crippen LogP) is 4.74. The highest BCUT2D eigenvalue weighted by atomic mass is 35.5. The molecule has 0 aromatic heterocycles. The van der Waals surface area contributed by atoms with Crippen molar-refractivity contribution in [2.75, 3.05) is 13.1 Å². The standard InChI is InChI=1S/C22H27ClN2O/c1-16-3-7-19(8-4-16)17(2)24-22(26)20-11-13-25(14-12-20)15-18-5-9-21(23)10-6-18/h3-10,17,20H,11-15H2,1-2H3,(H,24,26)/t17-/m0/s1. The van der Waals surface area contributed by atoms with Crippen LogP contribution in [-0.2, 0) is 11.3 Å². The Morgan fingerprint density at radius 1 is 1.12 bits per heavy atom. The minimum absolute atomic E-state index is 0.0511. The van der Waals surface area contributed by atoms with Crippen LogP contribution in [-0.4, -0.2) is 23.9 Å². The fourth-order valence-electron chi connectivity index (χ4n) is 3.47. The molecule has 4 heteroatoms. The van der Waals surface area contributed by atoms with Gasteiger partial charge in [0.2, 0.25) is 5.91 Å². The van der Waals surface area contributed by atoms with Crippen LogP contribution in [0.25, 0.3) is 0 Å². The van der Waals surface area contributed by atoms with E-state index in [1.165, 1.54) is 11.1 Å². The zero-order chi connectivity index (χ0) is 18.5. The average Bonchev–Trinajstić information content (AvgIpc) is 2.64. The molecule has 2 aromatic rings. The first-order valence-electron chi connectivity index (χ1n) is 9.35. The largest absolute Gasteiger partial charge is 0.349 e. The number of nitrogens with one attached hydrogen (secondary N) is 1. The Morgan fingerprint density at radius 2 is 1.73 bits per heavy atom. The molecule has 0 radical (unpaired) electrons. The molecule has 1 fully saturated rings. The molecule has 2 aromatic carbocycles. The Balaban J connectivity index is 1.47. The van der Waals surface area contributed by atoms with Crippen molar-refractivity contribution in [3.8, 4) is 0 Å². The van der Waals surface area contributed by atoms with Crippen LogP contribution in [0.1, 0.15) is 42.5 Å². The average molecular weight is 371 g/mol. The first kappa shape index (κ1) is 18.9. The van der Waals surface area contributed by atoms with Gasteiger partial charge < -0.3 is 5.32 Å². The van der Waals surface area contributed by atoms with Crippen molar-refractivity contribution in [1.29, 1.82) is 0 Å². The zero-order valence-electron chi connectivity index (χ0n) is 15.5. The van der Waals surface area contributed by atoms with Gasteiger partial charge in [0.05, 0.1) is 6.04 Å². The summed E-state index contributed by atoms with van der Waals surface area (Å²) in [5.74, 6) is 0.300. The summed E-state index contributed by atoms with van der Waals surface area (Å²) in [5, 5.41) is 3.95. The van der Waals surface area contributed by atoms with Crippen LogP contribution in [0.15, 0.2) is 48.5 Å². The first-order valence-corrected chi connectivity index (χ1v) is 9.73. The van der Waals surface area contributed by atoms with Crippen molar-refractivity contribution in [2.45, 2.75) is 39.3 Å². The van der Waals surface area contributed by atoms with Crippen LogP contribution >= 0.6 is 11.6 Å². The second kappa shape index (κ2) is 8.70. The second-order valence-corrected chi connectivity index (χ2v) is 7.75. The van der Waals surface area contributed by atoms with E-state index >= 15 is 0 Å². The first-order chi connectivity index (χ1) is 12.5. The minimum atomic E-state index is 0.0511. The van der Waals surface area contributed by atoms with E-state index in [0.717, 1.165) is 43.1 Å². The number of carbonyl (C=O) groups excluding carboxylic acids is 1. The lowest BCUT2D eigenvalue weighted by Crippen LogP contribution is -2.40. The van der Waals surface area contributed by atoms with Crippen molar-refractivity contribution in [2.24, 2.45) is 5.92 Å². The topological polar surface area (TPSA) is 32.3 Å². The normalized spacial score (nSPS) is 17.0. The molecule has 0 spiro atoms. The molecule has 3 nitrogen and oxygen atoms in total. The van der Waals surface area contributed by atoms with Gasteiger partial charge in [-0.3, -0.25) is 9.69 Å². The molecule has 3 rings (SSSR count). The van der Waals surface area contributed by atoms with E-state index in [-0.39, 0.29) is 17.9 Å². The molecule has 1 N–H and O–H groups in total. The van der Waals surface area contributed by atoms with Gasteiger partial charge in [-0.1, -0.05) is 53.6 Å². The maximum atomic E-state index is 12.6. The van der Waals surface area contributed by atoms with Crippen molar-refractivity contribution in [3.05, 3.63) is 70.2 Å². The van der Waals surface area contributed by atoms with Crippen LogP contribution in [0.5, 0.6) is 0 Å². The summed E-state index contributed by atoms with van der Waals surface area (Å²) >= 11 is 5.94. The molecule has 0 saturated carbocycles. The van der Waals surface area contributed by atoms with Gasteiger partial charge in [-0.2, -0.15) is 0 Å². The molecule has 1 saturated heterocycles. The molecule has 26 heavy (non-hydrogen) atoms. The van der Waals surface area contributed by atoms with Gasteiger partial charge in [0.15, 0.2) is 0 Å². The molecule has 0 aliphatic carbocycles. The van der Waals surface area contributed by atoms with Crippen LogP contribution in [0.2, 0.25) is 5.02 Å². The van der Waals surface area contributed by atoms with E-state index in [0.29, 0.717) is 0 Å².